The molecule has 0 saturated heterocycles. The first kappa shape index (κ1) is 15.8. The second-order valence-corrected chi connectivity index (χ2v) is 5.20. The fourth-order valence-corrected chi connectivity index (χ4v) is 1.59. The quantitative estimate of drug-likeness (QED) is 0.863. The van der Waals surface area contributed by atoms with Crippen molar-refractivity contribution < 1.29 is 22.4 Å². The Morgan fingerprint density at radius 2 is 2.05 bits per heavy atom. The predicted molar refractivity (Wildman–Crippen MR) is 66.7 cm³/mol. The molecule has 1 aromatic rings. The average Bonchev–Trinajstić information content (AvgIpc) is 2.34. The highest BCUT2D eigenvalue weighted by Gasteiger charge is 2.35. The molecule has 0 spiro atoms. The molecular weight excluding hydrogens is 282 g/mol. The van der Waals surface area contributed by atoms with E-state index in [0.29, 0.717) is 6.07 Å². The summed E-state index contributed by atoms with van der Waals surface area (Å²) in [5.41, 5.74) is -2.03. The fourth-order valence-electron chi connectivity index (χ4n) is 1.34. The van der Waals surface area contributed by atoms with Crippen molar-refractivity contribution in [3.8, 4) is 0 Å². The van der Waals surface area contributed by atoms with Crippen molar-refractivity contribution in [1.82, 2.24) is 5.32 Å². The molecule has 1 aromatic carbocycles. The van der Waals surface area contributed by atoms with Gasteiger partial charge in [0.25, 0.3) is 5.91 Å². The first-order valence-electron chi connectivity index (χ1n) is 5.44. The lowest BCUT2D eigenvalue weighted by Crippen LogP contribution is -2.30. The Hall–Kier alpha value is -1.24. The highest BCUT2D eigenvalue weighted by Crippen LogP contribution is 2.32. The molecule has 0 bridgehead atoms. The molecule has 1 amide bonds. The van der Waals surface area contributed by atoms with Gasteiger partial charge in [-0.15, -0.1) is 0 Å². The Labute approximate surface area is 112 Å². The van der Waals surface area contributed by atoms with Gasteiger partial charge in [0.15, 0.2) is 0 Å². The van der Waals surface area contributed by atoms with Crippen molar-refractivity contribution >= 4 is 17.7 Å². The highest BCUT2D eigenvalue weighted by atomic mass is 32.2. The molecule has 0 heterocycles. The van der Waals surface area contributed by atoms with E-state index in [0.717, 1.165) is 12.1 Å². The molecule has 0 aromatic heterocycles. The molecule has 0 aliphatic carbocycles. The lowest BCUT2D eigenvalue weighted by molar-refractivity contribution is -0.140. The Balaban J connectivity index is 2.93. The van der Waals surface area contributed by atoms with Gasteiger partial charge in [-0.3, -0.25) is 4.79 Å². The zero-order valence-corrected chi connectivity index (χ0v) is 11.2. The summed E-state index contributed by atoms with van der Waals surface area (Å²) in [6.45, 7) is 2.10. The number of thioether (sulfide) groups is 1. The van der Waals surface area contributed by atoms with E-state index in [-0.39, 0.29) is 11.8 Å². The van der Waals surface area contributed by atoms with Gasteiger partial charge in [0, 0.05) is 11.8 Å². The van der Waals surface area contributed by atoms with Crippen LogP contribution in [0.3, 0.4) is 0 Å². The third kappa shape index (κ3) is 4.12. The minimum absolute atomic E-state index is 0.0952. The Morgan fingerprint density at radius 3 is 2.58 bits per heavy atom. The number of hydrogen-bond acceptors (Lipinski definition) is 2. The maximum atomic E-state index is 13.6. The van der Waals surface area contributed by atoms with E-state index < -0.39 is 29.0 Å². The smallest absolute Gasteiger partial charge is 0.351 e. The molecule has 1 rings (SSSR count). The number of amides is 1. The summed E-state index contributed by atoms with van der Waals surface area (Å²) in [5, 5.41) is 2.50. The van der Waals surface area contributed by atoms with Crippen molar-refractivity contribution in [2.45, 2.75) is 18.3 Å². The minimum atomic E-state index is -4.81. The average molecular weight is 295 g/mol. The maximum absolute atomic E-state index is 13.6. The second kappa shape index (κ2) is 6.27. The van der Waals surface area contributed by atoms with Crippen molar-refractivity contribution in [1.29, 1.82) is 0 Å². The van der Waals surface area contributed by atoms with Gasteiger partial charge < -0.3 is 5.32 Å². The molecule has 0 fully saturated rings. The van der Waals surface area contributed by atoms with Crippen LogP contribution in [0.15, 0.2) is 18.2 Å². The number of alkyl halides is 3. The number of benzene rings is 1. The zero-order chi connectivity index (χ0) is 14.6. The van der Waals surface area contributed by atoms with E-state index in [2.05, 4.69) is 5.32 Å². The highest BCUT2D eigenvalue weighted by molar-refractivity contribution is 7.99. The molecule has 1 unspecified atom stereocenters. The second-order valence-electron chi connectivity index (χ2n) is 3.92. The Morgan fingerprint density at radius 1 is 1.42 bits per heavy atom. The molecule has 0 aliphatic rings. The first-order valence-corrected chi connectivity index (χ1v) is 6.73. The zero-order valence-electron chi connectivity index (χ0n) is 10.3. The van der Waals surface area contributed by atoms with Gasteiger partial charge in [0.1, 0.15) is 5.82 Å². The van der Waals surface area contributed by atoms with E-state index in [1.54, 1.807) is 0 Å². The van der Waals surface area contributed by atoms with Crippen LogP contribution in [0.5, 0.6) is 0 Å². The molecule has 1 N–H and O–H groups in total. The van der Waals surface area contributed by atoms with E-state index >= 15 is 0 Å². The summed E-state index contributed by atoms with van der Waals surface area (Å²) in [4.78, 5) is 11.6. The third-order valence-electron chi connectivity index (χ3n) is 2.50. The number of rotatable bonds is 4. The molecule has 1 atom stereocenters. The fraction of sp³-hybridized carbons (Fsp3) is 0.417. The van der Waals surface area contributed by atoms with Crippen LogP contribution in [-0.2, 0) is 6.18 Å². The van der Waals surface area contributed by atoms with Gasteiger partial charge in [-0.2, -0.15) is 24.9 Å². The van der Waals surface area contributed by atoms with Crippen LogP contribution in [0.1, 0.15) is 22.8 Å². The van der Waals surface area contributed by atoms with Gasteiger partial charge in [-0.1, -0.05) is 13.0 Å². The molecule has 106 valence electrons. The van der Waals surface area contributed by atoms with E-state index in [1.165, 1.54) is 11.8 Å². The summed E-state index contributed by atoms with van der Waals surface area (Å²) < 4.78 is 51.1. The van der Waals surface area contributed by atoms with Crippen LogP contribution in [0.2, 0.25) is 0 Å². The molecule has 2 nitrogen and oxygen atoms in total. The van der Waals surface area contributed by atoms with Crippen LogP contribution >= 0.6 is 11.8 Å². The Bertz CT molecular complexity index is 462. The summed E-state index contributed by atoms with van der Waals surface area (Å²) in [6, 6.07) is 2.65. The van der Waals surface area contributed by atoms with E-state index in [4.69, 9.17) is 0 Å². The summed E-state index contributed by atoms with van der Waals surface area (Å²) in [6.07, 6.45) is -2.98. The van der Waals surface area contributed by atoms with Gasteiger partial charge in [0.05, 0.1) is 11.1 Å². The van der Waals surface area contributed by atoms with Crippen LogP contribution in [0.4, 0.5) is 17.6 Å². The van der Waals surface area contributed by atoms with Crippen molar-refractivity contribution in [3.05, 3.63) is 35.1 Å². The van der Waals surface area contributed by atoms with Crippen LogP contribution < -0.4 is 5.32 Å². The topological polar surface area (TPSA) is 29.1 Å². The van der Waals surface area contributed by atoms with E-state index in [9.17, 15) is 22.4 Å². The molecule has 0 aliphatic heterocycles. The molecule has 19 heavy (non-hydrogen) atoms. The number of carbonyl (C=O) groups excluding carboxylic acids is 1. The van der Waals surface area contributed by atoms with Gasteiger partial charge >= 0.3 is 6.18 Å². The summed E-state index contributed by atoms with van der Waals surface area (Å²) in [5.74, 6) is -2.38. The van der Waals surface area contributed by atoms with Crippen LogP contribution in [-0.4, -0.2) is 24.0 Å². The number of nitrogens with one attached hydrogen (secondary N) is 1. The predicted octanol–water partition coefficient (Wildman–Crippen LogP) is 3.33. The van der Waals surface area contributed by atoms with Crippen LogP contribution in [0.25, 0.3) is 0 Å². The first-order chi connectivity index (χ1) is 8.77. The lowest BCUT2D eigenvalue weighted by Gasteiger charge is -2.13. The molecule has 0 saturated carbocycles. The summed E-state index contributed by atoms with van der Waals surface area (Å²) in [7, 11) is 0. The maximum Gasteiger partial charge on any atom is 0.419 e. The number of halogens is 4. The number of hydrogen-bond donors (Lipinski definition) is 1. The van der Waals surface area contributed by atoms with E-state index in [1.807, 2.05) is 13.2 Å². The van der Waals surface area contributed by atoms with Crippen molar-refractivity contribution in [3.63, 3.8) is 0 Å². The standard InChI is InChI=1S/C12H13F4NOS/c1-7(19-2)6-17-11(18)8-4-3-5-9(10(8)13)12(14,15)16/h3-5,7H,6H2,1-2H3,(H,17,18). The summed E-state index contributed by atoms with van der Waals surface area (Å²) >= 11 is 1.49. The number of carbonyl (C=O) groups is 1. The largest absolute Gasteiger partial charge is 0.419 e. The van der Waals surface area contributed by atoms with Gasteiger partial charge in [0.2, 0.25) is 0 Å². The van der Waals surface area contributed by atoms with Gasteiger partial charge in [-0.25, -0.2) is 4.39 Å². The SMILES string of the molecule is CSC(C)CNC(=O)c1cccc(C(F)(F)F)c1F. The van der Waals surface area contributed by atoms with Crippen molar-refractivity contribution in [2.24, 2.45) is 0 Å². The third-order valence-corrected chi connectivity index (χ3v) is 3.47. The monoisotopic (exact) mass is 295 g/mol. The lowest BCUT2D eigenvalue weighted by atomic mass is 10.1. The normalized spacial score (nSPS) is 13.2. The molecule has 0 radical (unpaired) electrons. The Kier molecular flexibility index (Phi) is 5.22. The molecule has 7 heteroatoms. The van der Waals surface area contributed by atoms with Crippen molar-refractivity contribution in [2.75, 3.05) is 12.8 Å². The molecular formula is C12H13F4NOS. The minimum Gasteiger partial charge on any atom is -0.351 e. The van der Waals surface area contributed by atoms with Gasteiger partial charge in [-0.05, 0) is 18.4 Å². The van der Waals surface area contributed by atoms with Crippen LogP contribution in [0, 0.1) is 5.82 Å².